The average Bonchev–Trinajstić information content (AvgIpc) is 3.68. The van der Waals surface area contributed by atoms with Crippen molar-refractivity contribution in [1.82, 2.24) is 24.5 Å². The zero-order valence-electron chi connectivity index (χ0n) is 21.8. The highest BCUT2D eigenvalue weighted by molar-refractivity contribution is 7.21. The lowest BCUT2D eigenvalue weighted by Crippen LogP contribution is -2.16. The standard InChI is InChI=1S/C25H18ClF6N7O3S/c1-8-11(7-38(2)36-8)10-5-12(20(27)28)34-25-14(10)16(19(43-25)23(33)40)35-24(41)13-4-3-9(42-13)6-39-18(22(31)32)15(26)17(37-39)21(29)30/h3-5,7,20-22H,6H2,1-2H3,(H2,33,40)(H,35,41). The number of anilines is 1. The second-order valence-electron chi connectivity index (χ2n) is 9.11. The topological polar surface area (TPSA) is 134 Å². The molecular weight excluding hydrogens is 628 g/mol. The van der Waals surface area contributed by atoms with Crippen molar-refractivity contribution in [3.05, 3.63) is 68.6 Å². The number of nitrogens with one attached hydrogen (secondary N) is 1. The highest BCUT2D eigenvalue weighted by Crippen LogP contribution is 2.43. The fourth-order valence-corrected chi connectivity index (χ4v) is 5.76. The van der Waals surface area contributed by atoms with Crippen LogP contribution in [0.25, 0.3) is 21.3 Å². The van der Waals surface area contributed by atoms with Gasteiger partial charge >= 0.3 is 0 Å². The van der Waals surface area contributed by atoms with Gasteiger partial charge in [0.15, 0.2) is 5.76 Å². The molecule has 0 aromatic carbocycles. The van der Waals surface area contributed by atoms with Crippen molar-refractivity contribution >= 4 is 50.7 Å². The first-order valence-corrected chi connectivity index (χ1v) is 13.2. The smallest absolute Gasteiger partial charge is 0.291 e. The Hall–Kier alpha value is -4.38. The maximum absolute atomic E-state index is 13.7. The largest absolute Gasteiger partial charge is 0.454 e. The van der Waals surface area contributed by atoms with E-state index in [1.165, 1.54) is 16.8 Å². The third kappa shape index (κ3) is 5.56. The number of carbonyl (C=O) groups is 2. The maximum Gasteiger partial charge on any atom is 0.291 e. The van der Waals surface area contributed by atoms with Crippen LogP contribution in [0.2, 0.25) is 5.02 Å². The Morgan fingerprint density at radius 1 is 1.09 bits per heavy atom. The number of aromatic nitrogens is 5. The van der Waals surface area contributed by atoms with E-state index >= 15 is 0 Å². The Labute approximate surface area is 246 Å². The minimum atomic E-state index is -3.24. The van der Waals surface area contributed by atoms with Crippen LogP contribution in [0.3, 0.4) is 0 Å². The van der Waals surface area contributed by atoms with Crippen molar-refractivity contribution in [1.29, 1.82) is 0 Å². The third-order valence-corrected chi connectivity index (χ3v) is 7.72. The van der Waals surface area contributed by atoms with Crippen LogP contribution in [0.5, 0.6) is 0 Å². The minimum absolute atomic E-state index is 0.00906. The maximum atomic E-state index is 13.7. The highest BCUT2D eigenvalue weighted by Gasteiger charge is 2.30. The lowest BCUT2D eigenvalue weighted by atomic mass is 10.0. The average molecular weight is 646 g/mol. The van der Waals surface area contributed by atoms with Crippen molar-refractivity contribution in [2.75, 3.05) is 5.32 Å². The molecule has 5 heterocycles. The lowest BCUT2D eigenvalue weighted by molar-refractivity contribution is 0.0994. The van der Waals surface area contributed by atoms with E-state index in [0.29, 0.717) is 27.3 Å². The Balaban J connectivity index is 1.54. The summed E-state index contributed by atoms with van der Waals surface area (Å²) in [6.45, 7) is 1.07. The predicted molar refractivity (Wildman–Crippen MR) is 143 cm³/mol. The van der Waals surface area contributed by atoms with Crippen LogP contribution in [-0.4, -0.2) is 36.4 Å². The zero-order valence-corrected chi connectivity index (χ0v) is 23.4. The number of hydrogen-bond donors (Lipinski definition) is 2. The monoisotopic (exact) mass is 645 g/mol. The third-order valence-electron chi connectivity index (χ3n) is 6.23. The molecule has 0 bridgehead atoms. The molecule has 0 unspecified atom stereocenters. The Kier molecular flexibility index (Phi) is 7.95. The van der Waals surface area contributed by atoms with Crippen LogP contribution >= 0.6 is 22.9 Å². The fraction of sp³-hybridized carbons (Fsp3) is 0.240. The van der Waals surface area contributed by atoms with Gasteiger partial charge in [-0.25, -0.2) is 31.3 Å². The summed E-state index contributed by atoms with van der Waals surface area (Å²) in [5, 5.41) is 9.45. The molecule has 0 aliphatic carbocycles. The number of thiophene rings is 1. The van der Waals surface area contributed by atoms with Crippen molar-refractivity contribution in [3.63, 3.8) is 0 Å². The number of nitrogens with two attached hydrogens (primary N) is 1. The molecular formula is C25H18ClF6N7O3S. The quantitative estimate of drug-likeness (QED) is 0.172. The number of hydrogen-bond acceptors (Lipinski definition) is 7. The van der Waals surface area contributed by atoms with Gasteiger partial charge in [-0.3, -0.25) is 19.0 Å². The summed E-state index contributed by atoms with van der Waals surface area (Å²) in [4.78, 5) is 29.4. The molecule has 10 nitrogen and oxygen atoms in total. The number of amides is 2. The molecule has 5 aromatic heterocycles. The summed E-state index contributed by atoms with van der Waals surface area (Å²) >= 11 is 6.37. The molecule has 0 saturated heterocycles. The van der Waals surface area contributed by atoms with E-state index in [1.54, 1.807) is 20.2 Å². The lowest BCUT2D eigenvalue weighted by Gasteiger charge is -2.10. The first-order chi connectivity index (χ1) is 20.3. The zero-order chi connectivity index (χ0) is 31.3. The predicted octanol–water partition coefficient (Wildman–Crippen LogP) is 6.66. The van der Waals surface area contributed by atoms with Gasteiger partial charge in [0.05, 0.1) is 22.9 Å². The van der Waals surface area contributed by atoms with E-state index in [-0.39, 0.29) is 37.9 Å². The van der Waals surface area contributed by atoms with E-state index in [0.717, 1.165) is 6.07 Å². The van der Waals surface area contributed by atoms with Gasteiger partial charge in [0.1, 0.15) is 32.5 Å². The number of furan rings is 1. The van der Waals surface area contributed by atoms with Crippen LogP contribution in [0.15, 0.2) is 28.8 Å². The van der Waals surface area contributed by atoms with Crippen molar-refractivity contribution < 1.29 is 40.3 Å². The number of pyridine rings is 1. The van der Waals surface area contributed by atoms with Crippen molar-refractivity contribution in [2.45, 2.75) is 32.7 Å². The number of alkyl halides is 6. The molecule has 0 spiro atoms. The number of aryl methyl sites for hydroxylation is 2. The van der Waals surface area contributed by atoms with Gasteiger partial charge < -0.3 is 15.5 Å². The van der Waals surface area contributed by atoms with Crippen LogP contribution in [-0.2, 0) is 13.6 Å². The summed E-state index contributed by atoms with van der Waals surface area (Å²) in [6.07, 6.45) is -7.83. The number of carbonyl (C=O) groups excluding carboxylic acids is 2. The van der Waals surface area contributed by atoms with Crippen molar-refractivity contribution in [2.24, 2.45) is 12.8 Å². The van der Waals surface area contributed by atoms with Gasteiger partial charge in [0.25, 0.3) is 31.1 Å². The molecule has 2 amide bonds. The molecule has 3 N–H and O–H groups in total. The molecule has 0 aliphatic heterocycles. The van der Waals surface area contributed by atoms with Crippen LogP contribution in [0, 0.1) is 6.92 Å². The van der Waals surface area contributed by atoms with E-state index < -0.39 is 59.7 Å². The molecule has 0 saturated carbocycles. The molecule has 0 aliphatic rings. The number of primary amides is 1. The summed E-state index contributed by atoms with van der Waals surface area (Å²) in [6, 6.07) is 3.52. The summed E-state index contributed by atoms with van der Waals surface area (Å²) in [5.41, 5.74) is 3.96. The summed E-state index contributed by atoms with van der Waals surface area (Å²) in [7, 11) is 1.62. The molecule has 5 aromatic rings. The Morgan fingerprint density at radius 3 is 2.40 bits per heavy atom. The first kappa shape index (κ1) is 30.1. The van der Waals surface area contributed by atoms with Crippen LogP contribution in [0.4, 0.5) is 32.0 Å². The normalized spacial score (nSPS) is 11.9. The molecule has 226 valence electrons. The van der Waals surface area contributed by atoms with Gasteiger partial charge in [-0.1, -0.05) is 11.6 Å². The number of nitrogens with zero attached hydrogens (tertiary/aromatic N) is 5. The Morgan fingerprint density at radius 2 is 1.81 bits per heavy atom. The highest BCUT2D eigenvalue weighted by atomic mass is 35.5. The van der Waals surface area contributed by atoms with E-state index in [2.05, 4.69) is 20.5 Å². The number of rotatable bonds is 9. The van der Waals surface area contributed by atoms with Gasteiger partial charge in [0, 0.05) is 24.2 Å². The number of halogens is 7. The van der Waals surface area contributed by atoms with E-state index in [1.807, 2.05) is 0 Å². The Bertz CT molecular complexity index is 1880. The molecule has 0 fully saturated rings. The van der Waals surface area contributed by atoms with E-state index in [4.69, 9.17) is 21.8 Å². The van der Waals surface area contributed by atoms with Crippen LogP contribution < -0.4 is 11.1 Å². The number of fused-ring (bicyclic) bond motifs is 1. The molecule has 0 radical (unpaired) electrons. The molecule has 0 atom stereocenters. The van der Waals surface area contributed by atoms with Gasteiger partial charge in [-0.2, -0.15) is 10.2 Å². The second-order valence-corrected chi connectivity index (χ2v) is 10.5. The van der Waals surface area contributed by atoms with Crippen LogP contribution in [0.1, 0.15) is 68.0 Å². The minimum Gasteiger partial charge on any atom is -0.454 e. The molecule has 18 heteroatoms. The molecule has 43 heavy (non-hydrogen) atoms. The summed E-state index contributed by atoms with van der Waals surface area (Å²) < 4.78 is 88.3. The van der Waals surface area contributed by atoms with Gasteiger partial charge in [0.2, 0.25) is 0 Å². The second kappa shape index (κ2) is 11.4. The fourth-order valence-electron chi connectivity index (χ4n) is 4.45. The van der Waals surface area contributed by atoms with E-state index in [9.17, 15) is 35.9 Å². The van der Waals surface area contributed by atoms with Gasteiger partial charge in [-0.05, 0) is 30.7 Å². The first-order valence-electron chi connectivity index (χ1n) is 12.0. The van der Waals surface area contributed by atoms with Gasteiger partial charge in [-0.15, -0.1) is 11.3 Å². The molecule has 5 rings (SSSR count). The SMILES string of the molecule is Cc1nn(C)cc1-c1cc(C(F)F)nc2sc(C(N)=O)c(NC(=O)c3ccc(Cn4nc(C(F)F)c(Cl)c4C(F)F)o3)c12. The summed E-state index contributed by atoms with van der Waals surface area (Å²) in [5.74, 6) is -2.39. The van der Waals surface area contributed by atoms with Crippen molar-refractivity contribution in [3.8, 4) is 11.1 Å².